The Labute approximate surface area is 179 Å². The van der Waals surface area contributed by atoms with Crippen LogP contribution < -0.4 is 15.4 Å². The van der Waals surface area contributed by atoms with E-state index in [4.69, 9.17) is 4.74 Å². The Bertz CT molecular complexity index is 1200. The van der Waals surface area contributed by atoms with Crippen LogP contribution in [0.5, 0.6) is 5.88 Å². The van der Waals surface area contributed by atoms with Crippen LogP contribution in [-0.2, 0) is 0 Å². The van der Waals surface area contributed by atoms with Gasteiger partial charge in [-0.3, -0.25) is 9.89 Å². The number of ether oxygens (including phenoxy) is 1. The van der Waals surface area contributed by atoms with Crippen molar-refractivity contribution in [2.24, 2.45) is 0 Å². The van der Waals surface area contributed by atoms with E-state index in [1.165, 1.54) is 6.20 Å². The minimum atomic E-state index is -0.236. The number of rotatable bonds is 7. The number of fused-ring (bicyclic) bond motifs is 1. The van der Waals surface area contributed by atoms with Crippen molar-refractivity contribution in [1.82, 2.24) is 25.1 Å². The van der Waals surface area contributed by atoms with Crippen LogP contribution in [0.15, 0.2) is 48.8 Å². The van der Waals surface area contributed by atoms with Crippen LogP contribution in [0.2, 0.25) is 0 Å². The summed E-state index contributed by atoms with van der Waals surface area (Å²) in [6.45, 7) is 6.31. The van der Waals surface area contributed by atoms with E-state index in [0.717, 1.165) is 16.8 Å². The lowest BCUT2D eigenvalue weighted by molar-refractivity contribution is 0.102. The van der Waals surface area contributed by atoms with Crippen molar-refractivity contribution in [2.75, 3.05) is 17.2 Å². The number of amides is 1. The number of anilines is 2. The molecule has 1 atom stereocenters. The van der Waals surface area contributed by atoms with E-state index in [2.05, 4.69) is 35.8 Å². The molecule has 158 valence electrons. The first-order valence-electron chi connectivity index (χ1n) is 9.98. The molecule has 0 fully saturated rings. The van der Waals surface area contributed by atoms with Gasteiger partial charge in [-0.1, -0.05) is 12.1 Å². The molecule has 1 amide bonds. The summed E-state index contributed by atoms with van der Waals surface area (Å²) >= 11 is 0. The third kappa shape index (κ3) is 4.61. The number of aryl methyl sites for hydroxylation is 1. The van der Waals surface area contributed by atoms with Crippen LogP contribution in [0.4, 0.5) is 11.5 Å². The first-order chi connectivity index (χ1) is 15.0. The number of carbonyl (C=O) groups excluding carboxylic acids is 1. The number of nitrogens with zero attached hydrogens (tertiary/aromatic N) is 4. The average molecular weight is 417 g/mol. The molecule has 9 nitrogen and oxygen atoms in total. The number of carbonyl (C=O) groups is 1. The SMILES string of the molecule is CCOc1ccc(C(=O)Nc2cccc([C@H](C)Nc3cnc4[nH]nc(C)c4n3)c2)cn1. The van der Waals surface area contributed by atoms with Crippen LogP contribution in [0, 0.1) is 6.92 Å². The van der Waals surface area contributed by atoms with Crippen molar-refractivity contribution in [1.29, 1.82) is 0 Å². The topological polar surface area (TPSA) is 118 Å². The van der Waals surface area contributed by atoms with Crippen molar-refractivity contribution in [3.63, 3.8) is 0 Å². The molecule has 3 heterocycles. The van der Waals surface area contributed by atoms with Gasteiger partial charge in [0.2, 0.25) is 5.88 Å². The Morgan fingerprint density at radius 1 is 1.19 bits per heavy atom. The van der Waals surface area contributed by atoms with Gasteiger partial charge in [-0.25, -0.2) is 15.0 Å². The maximum Gasteiger partial charge on any atom is 0.257 e. The number of pyridine rings is 1. The molecule has 0 saturated carbocycles. The highest BCUT2D eigenvalue weighted by Crippen LogP contribution is 2.22. The van der Waals surface area contributed by atoms with Gasteiger partial charge in [-0.15, -0.1) is 0 Å². The van der Waals surface area contributed by atoms with Gasteiger partial charge >= 0.3 is 0 Å². The molecule has 4 rings (SSSR count). The summed E-state index contributed by atoms with van der Waals surface area (Å²) < 4.78 is 5.31. The molecule has 3 aromatic heterocycles. The highest BCUT2D eigenvalue weighted by atomic mass is 16.5. The lowest BCUT2D eigenvalue weighted by atomic mass is 10.1. The van der Waals surface area contributed by atoms with Crippen LogP contribution >= 0.6 is 0 Å². The summed E-state index contributed by atoms with van der Waals surface area (Å²) in [5.41, 5.74) is 4.34. The maximum absolute atomic E-state index is 12.6. The van der Waals surface area contributed by atoms with Crippen molar-refractivity contribution >= 4 is 28.6 Å². The lowest BCUT2D eigenvalue weighted by Gasteiger charge is -2.16. The third-order valence-corrected chi connectivity index (χ3v) is 4.74. The van der Waals surface area contributed by atoms with Gasteiger partial charge in [-0.2, -0.15) is 5.10 Å². The van der Waals surface area contributed by atoms with Crippen LogP contribution in [-0.4, -0.2) is 37.7 Å². The fourth-order valence-electron chi connectivity index (χ4n) is 3.12. The van der Waals surface area contributed by atoms with Gasteiger partial charge in [0.05, 0.1) is 30.1 Å². The highest BCUT2D eigenvalue weighted by molar-refractivity contribution is 6.04. The summed E-state index contributed by atoms with van der Waals surface area (Å²) in [5.74, 6) is 0.910. The first kappa shape index (κ1) is 20.3. The van der Waals surface area contributed by atoms with E-state index in [9.17, 15) is 4.79 Å². The lowest BCUT2D eigenvalue weighted by Crippen LogP contribution is -2.13. The first-order valence-corrected chi connectivity index (χ1v) is 9.98. The Morgan fingerprint density at radius 3 is 2.84 bits per heavy atom. The largest absolute Gasteiger partial charge is 0.478 e. The van der Waals surface area contributed by atoms with E-state index in [0.29, 0.717) is 35.2 Å². The van der Waals surface area contributed by atoms with E-state index in [-0.39, 0.29) is 11.9 Å². The fourth-order valence-corrected chi connectivity index (χ4v) is 3.12. The van der Waals surface area contributed by atoms with Crippen molar-refractivity contribution in [3.8, 4) is 5.88 Å². The zero-order valence-electron chi connectivity index (χ0n) is 17.5. The Hall–Kier alpha value is -4.01. The van der Waals surface area contributed by atoms with Gasteiger partial charge in [-0.05, 0) is 44.5 Å². The third-order valence-electron chi connectivity index (χ3n) is 4.74. The summed E-state index contributed by atoms with van der Waals surface area (Å²) in [5, 5.41) is 13.2. The van der Waals surface area contributed by atoms with E-state index >= 15 is 0 Å². The van der Waals surface area contributed by atoms with Crippen LogP contribution in [0.25, 0.3) is 11.2 Å². The zero-order valence-corrected chi connectivity index (χ0v) is 17.5. The molecular weight excluding hydrogens is 394 g/mol. The number of aromatic nitrogens is 5. The monoisotopic (exact) mass is 417 g/mol. The number of nitrogens with one attached hydrogen (secondary N) is 3. The molecular formula is C22H23N7O2. The van der Waals surface area contributed by atoms with Crippen molar-refractivity contribution < 1.29 is 9.53 Å². The van der Waals surface area contributed by atoms with Gasteiger partial charge < -0.3 is 15.4 Å². The second-order valence-corrected chi connectivity index (χ2v) is 7.03. The molecule has 0 saturated heterocycles. The van der Waals surface area contributed by atoms with Gasteiger partial charge in [0.1, 0.15) is 11.3 Å². The number of hydrogen-bond acceptors (Lipinski definition) is 7. The minimum Gasteiger partial charge on any atom is -0.478 e. The predicted molar refractivity (Wildman–Crippen MR) is 118 cm³/mol. The normalized spacial score (nSPS) is 11.8. The number of H-pyrrole nitrogens is 1. The summed E-state index contributed by atoms with van der Waals surface area (Å²) in [7, 11) is 0. The van der Waals surface area contributed by atoms with E-state index in [1.54, 1.807) is 18.3 Å². The highest BCUT2D eigenvalue weighted by Gasteiger charge is 2.12. The zero-order chi connectivity index (χ0) is 21.8. The fraction of sp³-hybridized carbons (Fsp3) is 0.227. The van der Waals surface area contributed by atoms with Crippen molar-refractivity contribution in [2.45, 2.75) is 26.8 Å². The molecule has 0 spiro atoms. The smallest absolute Gasteiger partial charge is 0.257 e. The Morgan fingerprint density at radius 2 is 2.06 bits per heavy atom. The van der Waals surface area contributed by atoms with Gasteiger partial charge in [0.15, 0.2) is 5.65 Å². The van der Waals surface area contributed by atoms with Crippen LogP contribution in [0.3, 0.4) is 0 Å². The molecule has 9 heteroatoms. The molecule has 0 radical (unpaired) electrons. The minimum absolute atomic E-state index is 0.0528. The molecule has 4 aromatic rings. The van der Waals surface area contributed by atoms with Gasteiger partial charge in [0, 0.05) is 18.0 Å². The summed E-state index contributed by atoms with van der Waals surface area (Å²) in [6, 6.07) is 11.0. The molecule has 0 aliphatic heterocycles. The molecule has 3 N–H and O–H groups in total. The summed E-state index contributed by atoms with van der Waals surface area (Å²) in [4.78, 5) is 25.6. The Balaban J connectivity index is 1.45. The van der Waals surface area contributed by atoms with E-state index < -0.39 is 0 Å². The standard InChI is InChI=1S/C22H23N7O2/c1-4-31-19-9-8-16(11-23-19)22(30)26-17-7-5-6-15(10-17)13(2)25-18-12-24-21-20(27-18)14(3)28-29-21/h5-13H,4H2,1-3H3,(H,25,27)(H,26,30)(H,24,28,29)/t13-/m0/s1. The maximum atomic E-state index is 12.6. The number of hydrogen-bond donors (Lipinski definition) is 3. The van der Waals surface area contributed by atoms with E-state index in [1.807, 2.05) is 45.0 Å². The second kappa shape index (κ2) is 8.78. The molecule has 0 unspecified atom stereocenters. The molecule has 0 bridgehead atoms. The number of aromatic amines is 1. The Kier molecular flexibility index (Phi) is 5.74. The summed E-state index contributed by atoms with van der Waals surface area (Å²) in [6.07, 6.45) is 3.17. The molecule has 0 aliphatic rings. The van der Waals surface area contributed by atoms with Crippen LogP contribution in [0.1, 0.15) is 41.5 Å². The molecule has 1 aromatic carbocycles. The second-order valence-electron chi connectivity index (χ2n) is 7.03. The molecule has 0 aliphatic carbocycles. The quantitative estimate of drug-likeness (QED) is 0.418. The number of benzene rings is 1. The van der Waals surface area contributed by atoms with Crippen molar-refractivity contribution in [3.05, 3.63) is 65.6 Å². The molecule has 31 heavy (non-hydrogen) atoms. The average Bonchev–Trinajstić information content (AvgIpc) is 3.15. The van der Waals surface area contributed by atoms with Gasteiger partial charge in [0.25, 0.3) is 5.91 Å². The predicted octanol–water partition coefficient (Wildman–Crippen LogP) is 3.88.